The van der Waals surface area contributed by atoms with Crippen molar-refractivity contribution in [3.8, 4) is 11.5 Å². The van der Waals surface area contributed by atoms with E-state index in [-0.39, 0.29) is 18.6 Å². The number of anilines is 1. The number of ether oxygens (including phenoxy) is 2. The maximum Gasteiger partial charge on any atom is 0.251 e. The van der Waals surface area contributed by atoms with Crippen LogP contribution in [-0.4, -0.2) is 25.2 Å². The molecule has 3 aliphatic rings. The van der Waals surface area contributed by atoms with Gasteiger partial charge in [-0.05, 0) is 53.8 Å². The molecule has 0 aromatic heterocycles. The quantitative estimate of drug-likeness (QED) is 0.921. The largest absolute Gasteiger partial charge is 0.454 e. The third-order valence-electron chi connectivity index (χ3n) is 5.16. The number of hydrogen-bond donors (Lipinski definition) is 1. The Morgan fingerprint density at radius 1 is 1.12 bits per heavy atom. The summed E-state index contributed by atoms with van der Waals surface area (Å²) >= 11 is 0. The van der Waals surface area contributed by atoms with Crippen molar-refractivity contribution in [2.75, 3.05) is 18.2 Å². The Morgan fingerprint density at radius 3 is 2.88 bits per heavy atom. The Kier molecular flexibility index (Phi) is 3.38. The van der Waals surface area contributed by atoms with E-state index in [1.165, 1.54) is 0 Å². The predicted octanol–water partition coefficient (Wildman–Crippen LogP) is 2.18. The van der Waals surface area contributed by atoms with Gasteiger partial charge >= 0.3 is 0 Å². The van der Waals surface area contributed by atoms with Crippen LogP contribution < -0.4 is 19.7 Å². The molecule has 0 saturated carbocycles. The summed E-state index contributed by atoms with van der Waals surface area (Å²) in [5.74, 6) is 1.45. The Balaban J connectivity index is 1.35. The second-order valence-electron chi connectivity index (χ2n) is 6.84. The molecule has 5 rings (SSSR count). The van der Waals surface area contributed by atoms with Crippen LogP contribution >= 0.6 is 0 Å². The molecule has 26 heavy (non-hydrogen) atoms. The average molecular weight is 350 g/mol. The molecule has 0 radical (unpaired) electrons. The Hall–Kier alpha value is -3.02. The molecular formula is C20H18N2O4. The monoisotopic (exact) mass is 350 g/mol. The average Bonchev–Trinajstić information content (AvgIpc) is 3.25. The molecule has 0 spiro atoms. The summed E-state index contributed by atoms with van der Waals surface area (Å²) in [6.07, 6.45) is 2.25. The molecule has 0 aliphatic carbocycles. The van der Waals surface area contributed by atoms with Crippen LogP contribution in [0.2, 0.25) is 0 Å². The minimum absolute atomic E-state index is 0.127. The standard InChI is InChI=1S/C20H18N2O4/c23-18-9-14-8-15(7-13-2-1-5-22(18)19(13)14)20(24)21-10-12-3-4-16-17(6-12)26-11-25-16/h3-4,6-8H,1-2,5,9-11H2,(H,21,24). The normalized spacial score (nSPS) is 16.6. The van der Waals surface area contributed by atoms with Crippen molar-refractivity contribution < 1.29 is 19.1 Å². The van der Waals surface area contributed by atoms with Crippen molar-refractivity contribution >= 4 is 17.5 Å². The van der Waals surface area contributed by atoms with E-state index in [4.69, 9.17) is 9.47 Å². The lowest BCUT2D eigenvalue weighted by Gasteiger charge is -2.25. The highest BCUT2D eigenvalue weighted by Gasteiger charge is 2.32. The zero-order chi connectivity index (χ0) is 17.7. The summed E-state index contributed by atoms with van der Waals surface area (Å²) in [6, 6.07) is 9.43. The number of amides is 2. The van der Waals surface area contributed by atoms with Crippen LogP contribution in [0.4, 0.5) is 5.69 Å². The van der Waals surface area contributed by atoms with Crippen LogP contribution in [0.25, 0.3) is 0 Å². The van der Waals surface area contributed by atoms with Crippen molar-refractivity contribution in [1.82, 2.24) is 5.32 Å². The molecule has 3 heterocycles. The van der Waals surface area contributed by atoms with Crippen LogP contribution in [0.3, 0.4) is 0 Å². The fourth-order valence-corrected chi connectivity index (χ4v) is 3.95. The summed E-state index contributed by atoms with van der Waals surface area (Å²) in [7, 11) is 0. The van der Waals surface area contributed by atoms with E-state index >= 15 is 0 Å². The fraction of sp³-hybridized carbons (Fsp3) is 0.300. The predicted molar refractivity (Wildman–Crippen MR) is 94.6 cm³/mol. The zero-order valence-electron chi connectivity index (χ0n) is 14.2. The van der Waals surface area contributed by atoms with Crippen molar-refractivity contribution in [2.24, 2.45) is 0 Å². The van der Waals surface area contributed by atoms with E-state index in [0.29, 0.717) is 24.3 Å². The van der Waals surface area contributed by atoms with Gasteiger partial charge in [0.05, 0.1) is 12.1 Å². The SMILES string of the molecule is O=C(NCc1ccc2c(c1)OCO2)c1cc2c3c(c1)CC(=O)N3CCC2. The third-order valence-corrected chi connectivity index (χ3v) is 5.16. The molecule has 132 valence electrons. The minimum atomic E-state index is -0.127. The lowest BCUT2D eigenvalue weighted by Crippen LogP contribution is -2.31. The number of hydrogen-bond acceptors (Lipinski definition) is 4. The lowest BCUT2D eigenvalue weighted by molar-refractivity contribution is -0.117. The highest BCUT2D eigenvalue weighted by Crippen LogP contribution is 2.37. The van der Waals surface area contributed by atoms with E-state index < -0.39 is 0 Å². The summed E-state index contributed by atoms with van der Waals surface area (Å²) in [5.41, 5.74) is 4.68. The van der Waals surface area contributed by atoms with Gasteiger partial charge in [-0.15, -0.1) is 0 Å². The van der Waals surface area contributed by atoms with E-state index in [1.54, 1.807) is 0 Å². The number of fused-ring (bicyclic) bond motifs is 1. The lowest BCUT2D eigenvalue weighted by atomic mass is 9.96. The van der Waals surface area contributed by atoms with Gasteiger partial charge in [-0.25, -0.2) is 0 Å². The van der Waals surface area contributed by atoms with Crippen LogP contribution in [0.5, 0.6) is 11.5 Å². The third kappa shape index (κ3) is 2.41. The van der Waals surface area contributed by atoms with Gasteiger partial charge in [0.2, 0.25) is 12.7 Å². The van der Waals surface area contributed by atoms with Crippen molar-refractivity contribution in [3.05, 3.63) is 52.6 Å². The van der Waals surface area contributed by atoms with Crippen molar-refractivity contribution in [1.29, 1.82) is 0 Å². The summed E-state index contributed by atoms with van der Waals surface area (Å²) in [4.78, 5) is 26.6. The van der Waals surface area contributed by atoms with Gasteiger partial charge in [0.1, 0.15) is 0 Å². The van der Waals surface area contributed by atoms with Crippen molar-refractivity contribution in [2.45, 2.75) is 25.8 Å². The highest BCUT2D eigenvalue weighted by molar-refractivity contribution is 6.04. The minimum Gasteiger partial charge on any atom is -0.454 e. The van der Waals surface area contributed by atoms with Crippen LogP contribution in [0.15, 0.2) is 30.3 Å². The first-order valence-corrected chi connectivity index (χ1v) is 8.82. The van der Waals surface area contributed by atoms with E-state index in [0.717, 1.165) is 47.5 Å². The Morgan fingerprint density at radius 2 is 1.96 bits per heavy atom. The molecule has 0 fully saturated rings. The zero-order valence-corrected chi connectivity index (χ0v) is 14.2. The highest BCUT2D eigenvalue weighted by atomic mass is 16.7. The maximum absolute atomic E-state index is 12.6. The Bertz CT molecular complexity index is 938. The van der Waals surface area contributed by atoms with Gasteiger partial charge in [-0.1, -0.05) is 6.07 Å². The number of benzene rings is 2. The first kappa shape index (κ1) is 15.3. The van der Waals surface area contributed by atoms with Gasteiger partial charge in [-0.2, -0.15) is 0 Å². The number of nitrogens with one attached hydrogen (secondary N) is 1. The van der Waals surface area contributed by atoms with E-state index in [1.807, 2.05) is 35.2 Å². The number of carbonyl (C=O) groups is 2. The van der Waals surface area contributed by atoms with Crippen molar-refractivity contribution in [3.63, 3.8) is 0 Å². The molecule has 2 aromatic rings. The molecule has 0 atom stereocenters. The molecule has 3 aliphatic heterocycles. The molecule has 0 saturated heterocycles. The van der Waals surface area contributed by atoms with Gasteiger partial charge in [0, 0.05) is 18.7 Å². The molecule has 6 heteroatoms. The summed E-state index contributed by atoms with van der Waals surface area (Å²) in [6.45, 7) is 1.43. The number of carbonyl (C=O) groups excluding carboxylic acids is 2. The summed E-state index contributed by atoms with van der Waals surface area (Å²) in [5, 5.41) is 2.96. The van der Waals surface area contributed by atoms with Gasteiger partial charge in [0.15, 0.2) is 11.5 Å². The second kappa shape index (κ2) is 5.76. The molecular weight excluding hydrogens is 332 g/mol. The van der Waals surface area contributed by atoms with Gasteiger partial charge in [-0.3, -0.25) is 9.59 Å². The van der Waals surface area contributed by atoms with Crippen LogP contribution in [0, 0.1) is 0 Å². The van der Waals surface area contributed by atoms with Gasteiger partial charge < -0.3 is 19.7 Å². The molecule has 1 N–H and O–H groups in total. The van der Waals surface area contributed by atoms with E-state index in [9.17, 15) is 9.59 Å². The number of aryl methyl sites for hydroxylation is 1. The fourth-order valence-electron chi connectivity index (χ4n) is 3.95. The number of nitrogens with zero attached hydrogens (tertiary/aromatic N) is 1. The maximum atomic E-state index is 12.6. The molecule has 0 bridgehead atoms. The Labute approximate surface area is 150 Å². The first-order valence-electron chi connectivity index (χ1n) is 8.82. The first-order chi connectivity index (χ1) is 12.7. The topological polar surface area (TPSA) is 67.9 Å². The van der Waals surface area contributed by atoms with E-state index in [2.05, 4.69) is 5.32 Å². The molecule has 2 aromatic carbocycles. The molecule has 6 nitrogen and oxygen atoms in total. The second-order valence-corrected chi connectivity index (χ2v) is 6.84. The summed E-state index contributed by atoms with van der Waals surface area (Å²) < 4.78 is 10.7. The molecule has 0 unspecified atom stereocenters. The van der Waals surface area contributed by atoms with Gasteiger partial charge in [0.25, 0.3) is 5.91 Å². The van der Waals surface area contributed by atoms with Crippen LogP contribution in [0.1, 0.15) is 33.5 Å². The van der Waals surface area contributed by atoms with Crippen LogP contribution in [-0.2, 0) is 24.2 Å². The molecule has 2 amide bonds. The smallest absolute Gasteiger partial charge is 0.251 e. The number of rotatable bonds is 3.